The highest BCUT2D eigenvalue weighted by Crippen LogP contribution is 2.18. The summed E-state index contributed by atoms with van der Waals surface area (Å²) in [5.41, 5.74) is 3.21. The second-order valence-electron chi connectivity index (χ2n) is 5.01. The molecule has 5 heteroatoms. The first-order chi connectivity index (χ1) is 9.22. The molecule has 0 bridgehead atoms. The van der Waals surface area contributed by atoms with Gasteiger partial charge in [-0.05, 0) is 17.9 Å². The van der Waals surface area contributed by atoms with Crippen LogP contribution in [0.2, 0.25) is 0 Å². The van der Waals surface area contributed by atoms with Gasteiger partial charge in [-0.2, -0.15) is 9.61 Å². The van der Waals surface area contributed by atoms with Crippen LogP contribution in [0.3, 0.4) is 0 Å². The van der Waals surface area contributed by atoms with Crippen LogP contribution in [0.15, 0.2) is 36.8 Å². The largest absolute Gasteiger partial charge is 0.272 e. The van der Waals surface area contributed by atoms with Gasteiger partial charge in [-0.3, -0.25) is 0 Å². The SMILES string of the molecule is CC(C)Cc1ccc(-c2cnn3cnnc3n2)cc1. The Morgan fingerprint density at radius 2 is 1.95 bits per heavy atom. The molecule has 3 rings (SSSR count). The lowest BCUT2D eigenvalue weighted by Gasteiger charge is -2.06. The lowest BCUT2D eigenvalue weighted by molar-refractivity contribution is 0.647. The van der Waals surface area contributed by atoms with Crippen molar-refractivity contribution in [2.75, 3.05) is 0 Å². The summed E-state index contributed by atoms with van der Waals surface area (Å²) in [6, 6.07) is 8.44. The molecular formula is C14H15N5. The van der Waals surface area contributed by atoms with Crippen molar-refractivity contribution in [2.45, 2.75) is 20.3 Å². The van der Waals surface area contributed by atoms with E-state index in [-0.39, 0.29) is 0 Å². The van der Waals surface area contributed by atoms with E-state index in [0.29, 0.717) is 11.7 Å². The van der Waals surface area contributed by atoms with Crippen LogP contribution in [0.4, 0.5) is 0 Å². The van der Waals surface area contributed by atoms with Crippen molar-refractivity contribution in [1.82, 2.24) is 24.8 Å². The molecule has 0 aliphatic rings. The molecule has 0 aliphatic heterocycles. The highest BCUT2D eigenvalue weighted by Gasteiger charge is 2.04. The smallest absolute Gasteiger partial charge is 0.208 e. The maximum atomic E-state index is 4.42. The number of fused-ring (bicyclic) bond motifs is 1. The Kier molecular flexibility index (Phi) is 2.95. The van der Waals surface area contributed by atoms with E-state index >= 15 is 0 Å². The second-order valence-corrected chi connectivity index (χ2v) is 5.01. The van der Waals surface area contributed by atoms with Gasteiger partial charge in [0.15, 0.2) is 0 Å². The summed E-state index contributed by atoms with van der Waals surface area (Å²) in [4.78, 5) is 4.42. The monoisotopic (exact) mass is 253 g/mol. The molecule has 0 spiro atoms. The molecule has 0 fully saturated rings. The van der Waals surface area contributed by atoms with E-state index in [1.807, 2.05) is 0 Å². The summed E-state index contributed by atoms with van der Waals surface area (Å²) in [6.07, 6.45) is 4.36. The zero-order valence-electron chi connectivity index (χ0n) is 11.0. The molecule has 0 unspecified atom stereocenters. The lowest BCUT2D eigenvalue weighted by Crippen LogP contribution is -1.96. The zero-order chi connectivity index (χ0) is 13.2. The highest BCUT2D eigenvalue weighted by molar-refractivity contribution is 5.59. The number of hydrogen-bond donors (Lipinski definition) is 0. The lowest BCUT2D eigenvalue weighted by atomic mass is 10.0. The van der Waals surface area contributed by atoms with Gasteiger partial charge in [-0.1, -0.05) is 38.1 Å². The zero-order valence-corrected chi connectivity index (χ0v) is 11.0. The highest BCUT2D eigenvalue weighted by atomic mass is 15.4. The number of aromatic nitrogens is 5. The van der Waals surface area contributed by atoms with E-state index < -0.39 is 0 Å². The minimum Gasteiger partial charge on any atom is -0.208 e. The van der Waals surface area contributed by atoms with E-state index in [9.17, 15) is 0 Å². The van der Waals surface area contributed by atoms with E-state index in [0.717, 1.165) is 17.7 Å². The molecule has 5 nitrogen and oxygen atoms in total. The number of hydrogen-bond acceptors (Lipinski definition) is 4. The normalized spacial score (nSPS) is 11.3. The molecule has 0 saturated carbocycles. The van der Waals surface area contributed by atoms with Crippen LogP contribution in [0.1, 0.15) is 19.4 Å². The Hall–Kier alpha value is -2.30. The molecule has 0 radical (unpaired) electrons. The quantitative estimate of drug-likeness (QED) is 0.719. The molecule has 2 aromatic heterocycles. The van der Waals surface area contributed by atoms with Gasteiger partial charge >= 0.3 is 0 Å². The van der Waals surface area contributed by atoms with Crippen molar-refractivity contribution in [1.29, 1.82) is 0 Å². The average molecular weight is 253 g/mol. The maximum absolute atomic E-state index is 4.42. The van der Waals surface area contributed by atoms with Crippen LogP contribution in [0.5, 0.6) is 0 Å². The van der Waals surface area contributed by atoms with Crippen LogP contribution in [0.25, 0.3) is 17.0 Å². The Balaban J connectivity index is 1.92. The van der Waals surface area contributed by atoms with Gasteiger partial charge in [-0.15, -0.1) is 10.2 Å². The summed E-state index contributed by atoms with van der Waals surface area (Å²) in [5.74, 6) is 1.18. The first-order valence-electron chi connectivity index (χ1n) is 6.35. The summed E-state index contributed by atoms with van der Waals surface area (Å²) in [5, 5.41) is 11.9. The molecule has 1 aromatic carbocycles. The fourth-order valence-electron chi connectivity index (χ4n) is 2.05. The summed E-state index contributed by atoms with van der Waals surface area (Å²) in [6.45, 7) is 4.44. The van der Waals surface area contributed by atoms with Gasteiger partial charge in [-0.25, -0.2) is 4.98 Å². The van der Waals surface area contributed by atoms with Gasteiger partial charge in [0, 0.05) is 5.56 Å². The van der Waals surface area contributed by atoms with Gasteiger partial charge in [0.05, 0.1) is 11.9 Å². The van der Waals surface area contributed by atoms with Crippen molar-refractivity contribution in [3.05, 3.63) is 42.4 Å². The number of nitrogens with zero attached hydrogens (tertiary/aromatic N) is 5. The van der Waals surface area contributed by atoms with Gasteiger partial charge < -0.3 is 0 Å². The minimum atomic E-state index is 0.517. The van der Waals surface area contributed by atoms with Crippen LogP contribution >= 0.6 is 0 Å². The van der Waals surface area contributed by atoms with Gasteiger partial charge in [0.25, 0.3) is 5.78 Å². The predicted octanol–water partition coefficient (Wildman–Crippen LogP) is 2.38. The van der Waals surface area contributed by atoms with Crippen LogP contribution < -0.4 is 0 Å². The predicted molar refractivity (Wildman–Crippen MR) is 72.6 cm³/mol. The summed E-state index contributed by atoms with van der Waals surface area (Å²) < 4.78 is 1.55. The third-order valence-corrected chi connectivity index (χ3v) is 2.93. The molecule has 96 valence electrons. The van der Waals surface area contributed by atoms with Crippen LogP contribution in [0, 0.1) is 5.92 Å². The van der Waals surface area contributed by atoms with Crippen LogP contribution in [-0.2, 0) is 6.42 Å². The van der Waals surface area contributed by atoms with Gasteiger partial charge in [0.1, 0.15) is 6.33 Å². The average Bonchev–Trinajstić information content (AvgIpc) is 2.86. The van der Waals surface area contributed by atoms with Crippen molar-refractivity contribution in [3.63, 3.8) is 0 Å². The Bertz CT molecular complexity index is 684. The second kappa shape index (κ2) is 4.76. The van der Waals surface area contributed by atoms with Gasteiger partial charge in [0.2, 0.25) is 0 Å². The number of rotatable bonds is 3. The van der Waals surface area contributed by atoms with Crippen molar-refractivity contribution < 1.29 is 0 Å². The molecular weight excluding hydrogens is 238 g/mol. The van der Waals surface area contributed by atoms with E-state index in [2.05, 4.69) is 58.4 Å². The van der Waals surface area contributed by atoms with Crippen molar-refractivity contribution in [2.24, 2.45) is 5.92 Å². The Morgan fingerprint density at radius 3 is 2.68 bits per heavy atom. The van der Waals surface area contributed by atoms with Crippen molar-refractivity contribution >= 4 is 5.78 Å². The molecule has 0 aliphatic carbocycles. The molecule has 0 N–H and O–H groups in total. The Labute approximate surface area is 111 Å². The maximum Gasteiger partial charge on any atom is 0.272 e. The topological polar surface area (TPSA) is 56.0 Å². The fraction of sp³-hybridized carbons (Fsp3) is 0.286. The molecule has 0 saturated heterocycles. The Morgan fingerprint density at radius 1 is 1.16 bits per heavy atom. The minimum absolute atomic E-state index is 0.517. The third-order valence-electron chi connectivity index (χ3n) is 2.93. The standard InChI is InChI=1S/C14H15N5/c1-10(2)7-11-3-5-12(6-4-11)13-8-16-19-9-15-18-14(19)17-13/h3-6,8-10H,7H2,1-2H3. The molecule has 19 heavy (non-hydrogen) atoms. The summed E-state index contributed by atoms with van der Waals surface area (Å²) in [7, 11) is 0. The molecule has 3 aromatic rings. The molecule has 0 atom stereocenters. The first kappa shape index (κ1) is 11.8. The molecule has 0 amide bonds. The number of benzene rings is 1. The van der Waals surface area contributed by atoms with Crippen LogP contribution in [-0.4, -0.2) is 24.8 Å². The van der Waals surface area contributed by atoms with E-state index in [4.69, 9.17) is 0 Å². The van der Waals surface area contributed by atoms with Crippen molar-refractivity contribution in [3.8, 4) is 11.3 Å². The molecule has 2 heterocycles. The first-order valence-corrected chi connectivity index (χ1v) is 6.35. The summed E-state index contributed by atoms with van der Waals surface area (Å²) >= 11 is 0. The third kappa shape index (κ3) is 2.45. The van der Waals surface area contributed by atoms with E-state index in [1.165, 1.54) is 11.9 Å². The fourth-order valence-corrected chi connectivity index (χ4v) is 2.05. The van der Waals surface area contributed by atoms with E-state index in [1.54, 1.807) is 10.7 Å².